The molecule has 2 aromatic rings. The van der Waals surface area contributed by atoms with Crippen molar-refractivity contribution >= 4 is 25.6 Å². The molecule has 1 saturated heterocycles. The number of rotatable bonds is 8. The highest BCUT2D eigenvalue weighted by Gasteiger charge is 2.52. The van der Waals surface area contributed by atoms with Gasteiger partial charge in [-0.25, -0.2) is 4.79 Å². The molecule has 0 atom stereocenters. The smallest absolute Gasteiger partial charge is 0.492 e. The van der Waals surface area contributed by atoms with Crippen LogP contribution in [0.2, 0.25) is 0 Å². The zero-order valence-electron chi connectivity index (χ0n) is 20.1. The molecule has 0 unspecified atom stereocenters. The van der Waals surface area contributed by atoms with Crippen molar-refractivity contribution in [2.45, 2.75) is 45.5 Å². The number of ether oxygens (including phenoxy) is 2. The van der Waals surface area contributed by atoms with Crippen LogP contribution in [0.15, 0.2) is 47.9 Å². The molecule has 1 aliphatic rings. The standard InChI is InChI=1S/C25H30BNO7/c1-24(2)25(3,4)34-26(33-24)19(13-20-18(15-28)11-12-21(31-5)22(20)29)14-27-23(30)32-16-17-9-7-6-8-10-17/h6-13,15,29H,14,16H2,1-5H3,(H,27,30). The first kappa shape index (κ1) is 25.3. The zero-order chi connectivity index (χ0) is 24.9. The number of hydrogen-bond donors (Lipinski definition) is 2. The Morgan fingerprint density at radius 1 is 1.09 bits per heavy atom. The maximum Gasteiger partial charge on any atom is 0.492 e. The fourth-order valence-electron chi connectivity index (χ4n) is 3.35. The van der Waals surface area contributed by atoms with Gasteiger partial charge in [-0.3, -0.25) is 4.79 Å². The summed E-state index contributed by atoms with van der Waals surface area (Å²) >= 11 is 0. The minimum absolute atomic E-state index is 0.000599. The first-order chi connectivity index (χ1) is 16.1. The first-order valence-electron chi connectivity index (χ1n) is 10.9. The zero-order valence-corrected chi connectivity index (χ0v) is 20.1. The van der Waals surface area contributed by atoms with Crippen molar-refractivity contribution < 1.29 is 33.5 Å². The van der Waals surface area contributed by atoms with Crippen molar-refractivity contribution in [2.75, 3.05) is 13.7 Å². The number of phenols is 1. The van der Waals surface area contributed by atoms with Crippen LogP contribution >= 0.6 is 0 Å². The normalized spacial score (nSPS) is 16.7. The molecule has 1 heterocycles. The molecular formula is C25H30BNO7. The van der Waals surface area contributed by atoms with E-state index in [1.807, 2.05) is 58.0 Å². The van der Waals surface area contributed by atoms with E-state index in [1.54, 1.807) is 12.1 Å². The molecule has 9 heteroatoms. The Morgan fingerprint density at radius 2 is 1.74 bits per heavy atom. The van der Waals surface area contributed by atoms with E-state index in [9.17, 15) is 14.7 Å². The molecule has 0 bridgehead atoms. The Balaban J connectivity index is 1.87. The lowest BCUT2D eigenvalue weighted by atomic mass is 9.76. The number of carbonyl (C=O) groups excluding carboxylic acids is 2. The number of carbonyl (C=O) groups is 2. The Bertz CT molecular complexity index is 1050. The van der Waals surface area contributed by atoms with Gasteiger partial charge in [0, 0.05) is 17.7 Å². The number of alkyl carbamates (subject to hydrolysis) is 1. The summed E-state index contributed by atoms with van der Waals surface area (Å²) in [5.41, 5.74) is 0.568. The van der Waals surface area contributed by atoms with Crippen LogP contribution in [0, 0.1) is 0 Å². The summed E-state index contributed by atoms with van der Waals surface area (Å²) < 4.78 is 22.8. The average Bonchev–Trinajstić information content (AvgIpc) is 3.03. The lowest BCUT2D eigenvalue weighted by Gasteiger charge is -2.32. The number of phenolic OH excluding ortho intramolecular Hbond substituents is 1. The minimum atomic E-state index is -0.829. The number of hydrogen-bond acceptors (Lipinski definition) is 7. The maximum absolute atomic E-state index is 12.4. The third kappa shape index (κ3) is 5.60. The van der Waals surface area contributed by atoms with Crippen LogP contribution in [0.1, 0.15) is 49.2 Å². The molecule has 0 spiro atoms. The number of aromatic hydroxyl groups is 1. The summed E-state index contributed by atoms with van der Waals surface area (Å²) in [4.78, 5) is 24.0. The summed E-state index contributed by atoms with van der Waals surface area (Å²) in [6.45, 7) is 7.75. The molecule has 2 aromatic carbocycles. The van der Waals surface area contributed by atoms with Crippen molar-refractivity contribution in [1.29, 1.82) is 0 Å². The van der Waals surface area contributed by atoms with Gasteiger partial charge in [0.05, 0.1) is 18.3 Å². The molecule has 3 rings (SSSR count). The van der Waals surface area contributed by atoms with Crippen LogP contribution in [0.25, 0.3) is 6.08 Å². The van der Waals surface area contributed by atoms with Gasteiger partial charge in [0.1, 0.15) is 6.61 Å². The van der Waals surface area contributed by atoms with Crippen molar-refractivity contribution in [1.82, 2.24) is 5.32 Å². The van der Waals surface area contributed by atoms with Crippen LogP contribution in [0.4, 0.5) is 4.79 Å². The van der Waals surface area contributed by atoms with E-state index in [0.29, 0.717) is 11.8 Å². The van der Waals surface area contributed by atoms with Crippen LogP contribution in [-0.4, -0.2) is 49.5 Å². The first-order valence-corrected chi connectivity index (χ1v) is 10.9. The van der Waals surface area contributed by atoms with E-state index >= 15 is 0 Å². The molecule has 0 radical (unpaired) electrons. The largest absolute Gasteiger partial charge is 0.504 e. The fraction of sp³-hybridized carbons (Fsp3) is 0.360. The Kier molecular flexibility index (Phi) is 7.69. The topological polar surface area (TPSA) is 103 Å². The minimum Gasteiger partial charge on any atom is -0.504 e. The summed E-state index contributed by atoms with van der Waals surface area (Å²) in [5, 5.41) is 13.4. The van der Waals surface area contributed by atoms with Crippen LogP contribution in [0.3, 0.4) is 0 Å². The number of nitrogens with one attached hydrogen (secondary N) is 1. The lowest BCUT2D eigenvalue weighted by molar-refractivity contribution is 0.00578. The summed E-state index contributed by atoms with van der Waals surface area (Å²) in [5.74, 6) is 0.00752. The molecule has 0 aliphatic carbocycles. The van der Waals surface area contributed by atoms with Crippen molar-refractivity contribution in [3.8, 4) is 11.5 Å². The summed E-state index contributed by atoms with van der Waals surface area (Å²) in [7, 11) is 0.590. The van der Waals surface area contributed by atoms with E-state index in [-0.39, 0.29) is 35.8 Å². The van der Waals surface area contributed by atoms with E-state index in [2.05, 4.69) is 5.32 Å². The highest BCUT2D eigenvalue weighted by atomic mass is 16.7. The predicted octanol–water partition coefficient (Wildman–Crippen LogP) is 4.15. The highest BCUT2D eigenvalue weighted by Crippen LogP contribution is 2.40. The molecule has 1 amide bonds. The predicted molar refractivity (Wildman–Crippen MR) is 129 cm³/mol. The molecule has 0 saturated carbocycles. The molecule has 0 aromatic heterocycles. The quantitative estimate of drug-likeness (QED) is 0.444. The van der Waals surface area contributed by atoms with Gasteiger partial charge in [0.2, 0.25) is 0 Å². The van der Waals surface area contributed by atoms with Gasteiger partial charge < -0.3 is 29.2 Å². The summed E-state index contributed by atoms with van der Waals surface area (Å²) in [6.07, 6.45) is 1.58. The molecular weight excluding hydrogens is 437 g/mol. The van der Waals surface area contributed by atoms with Crippen molar-refractivity contribution in [3.63, 3.8) is 0 Å². The van der Waals surface area contributed by atoms with Crippen molar-refractivity contribution in [2.24, 2.45) is 0 Å². The van der Waals surface area contributed by atoms with Crippen molar-refractivity contribution in [3.05, 3.63) is 64.6 Å². The SMILES string of the molecule is COc1ccc(C=O)c(C=C(CNC(=O)OCc2ccccc2)B2OC(C)(C)C(C)(C)O2)c1O. The Labute approximate surface area is 200 Å². The van der Waals surface area contributed by atoms with E-state index in [4.69, 9.17) is 18.8 Å². The second-order valence-electron chi connectivity index (χ2n) is 8.96. The number of methoxy groups -OCH3 is 1. The number of aldehydes is 1. The monoisotopic (exact) mass is 467 g/mol. The second-order valence-corrected chi connectivity index (χ2v) is 8.96. The lowest BCUT2D eigenvalue weighted by Crippen LogP contribution is -2.41. The van der Waals surface area contributed by atoms with E-state index < -0.39 is 24.4 Å². The number of benzene rings is 2. The molecule has 1 aliphatic heterocycles. The molecule has 8 nitrogen and oxygen atoms in total. The van der Waals surface area contributed by atoms with E-state index in [0.717, 1.165) is 5.56 Å². The molecule has 2 N–H and O–H groups in total. The Morgan fingerprint density at radius 3 is 2.32 bits per heavy atom. The summed E-state index contributed by atoms with van der Waals surface area (Å²) in [6, 6.07) is 12.4. The number of amides is 1. The van der Waals surface area contributed by atoms with Crippen LogP contribution < -0.4 is 10.1 Å². The average molecular weight is 467 g/mol. The van der Waals surface area contributed by atoms with Gasteiger partial charge in [-0.1, -0.05) is 36.4 Å². The molecule has 34 heavy (non-hydrogen) atoms. The van der Waals surface area contributed by atoms with Gasteiger partial charge in [0.25, 0.3) is 0 Å². The van der Waals surface area contributed by atoms with Crippen LogP contribution in [-0.2, 0) is 20.7 Å². The van der Waals surface area contributed by atoms with Gasteiger partial charge >= 0.3 is 13.2 Å². The Hall–Kier alpha value is -3.30. The van der Waals surface area contributed by atoms with Gasteiger partial charge in [-0.05, 0) is 50.9 Å². The second kappa shape index (κ2) is 10.3. The fourth-order valence-corrected chi connectivity index (χ4v) is 3.35. The third-order valence-electron chi connectivity index (χ3n) is 6.10. The molecule has 1 fully saturated rings. The van der Waals surface area contributed by atoms with E-state index in [1.165, 1.54) is 13.2 Å². The highest BCUT2D eigenvalue weighted by molar-refractivity contribution is 6.56. The maximum atomic E-state index is 12.4. The third-order valence-corrected chi connectivity index (χ3v) is 6.10. The van der Waals surface area contributed by atoms with Crippen LogP contribution in [0.5, 0.6) is 11.5 Å². The van der Waals surface area contributed by atoms with Gasteiger partial charge in [-0.2, -0.15) is 0 Å². The van der Waals surface area contributed by atoms with Gasteiger partial charge in [0.15, 0.2) is 17.8 Å². The molecule has 180 valence electrons. The van der Waals surface area contributed by atoms with Gasteiger partial charge in [-0.15, -0.1) is 0 Å².